The van der Waals surface area contributed by atoms with Crippen LogP contribution in [-0.4, -0.2) is 28.1 Å². The van der Waals surface area contributed by atoms with Crippen molar-refractivity contribution in [1.29, 1.82) is 0 Å². The monoisotopic (exact) mass is 283 g/mol. The molecule has 3 N–H and O–H groups in total. The van der Waals surface area contributed by atoms with Crippen molar-refractivity contribution in [3.05, 3.63) is 30.1 Å². The van der Waals surface area contributed by atoms with Crippen molar-refractivity contribution in [1.82, 2.24) is 19.9 Å². The summed E-state index contributed by atoms with van der Waals surface area (Å²) < 4.78 is 2.30. The van der Waals surface area contributed by atoms with E-state index in [2.05, 4.69) is 27.9 Å². The van der Waals surface area contributed by atoms with E-state index in [0.29, 0.717) is 5.82 Å². The minimum absolute atomic E-state index is 0.519. The summed E-state index contributed by atoms with van der Waals surface area (Å²) in [5, 5.41) is 4.32. The normalized spacial score (nSPS) is 11.5. The Kier molecular flexibility index (Phi) is 3.75. The first-order valence-electron chi connectivity index (χ1n) is 7.44. The molecule has 0 saturated carbocycles. The Hall–Kier alpha value is -2.14. The number of hydrogen-bond donors (Lipinski definition) is 2. The Morgan fingerprint density at radius 3 is 2.81 bits per heavy atom. The van der Waals surface area contributed by atoms with Gasteiger partial charge >= 0.3 is 0 Å². The predicted molar refractivity (Wildman–Crippen MR) is 87.4 cm³/mol. The number of fused-ring (bicyclic) bond motifs is 3. The molecule has 1 aromatic carbocycles. The summed E-state index contributed by atoms with van der Waals surface area (Å²) in [4.78, 5) is 9.19. The summed E-state index contributed by atoms with van der Waals surface area (Å²) in [7, 11) is 1.98. The lowest BCUT2D eigenvalue weighted by atomic mass is 10.2. The Morgan fingerprint density at radius 1 is 1.24 bits per heavy atom. The van der Waals surface area contributed by atoms with E-state index in [1.807, 2.05) is 25.2 Å². The third-order valence-corrected chi connectivity index (χ3v) is 3.81. The summed E-state index contributed by atoms with van der Waals surface area (Å²) in [5.41, 5.74) is 8.99. The number of nitrogens with zero attached hydrogens (tertiary/aromatic N) is 3. The first-order chi connectivity index (χ1) is 10.3. The van der Waals surface area contributed by atoms with Crippen LogP contribution in [0.3, 0.4) is 0 Å². The molecule has 0 aliphatic rings. The number of aryl methyl sites for hydroxylation is 2. The van der Waals surface area contributed by atoms with Crippen molar-refractivity contribution in [2.24, 2.45) is 0 Å². The maximum atomic E-state index is 6.11. The van der Waals surface area contributed by atoms with Gasteiger partial charge in [-0.3, -0.25) is 0 Å². The van der Waals surface area contributed by atoms with Crippen LogP contribution >= 0.6 is 0 Å². The SMILES string of the molecule is CCc1nc2c(N)nc3ccccc3c2n1CCCNC. The molecule has 0 aliphatic carbocycles. The van der Waals surface area contributed by atoms with Gasteiger partial charge in [-0.15, -0.1) is 0 Å². The molecule has 0 spiro atoms. The van der Waals surface area contributed by atoms with E-state index in [9.17, 15) is 0 Å². The maximum Gasteiger partial charge on any atom is 0.152 e. The lowest BCUT2D eigenvalue weighted by molar-refractivity contribution is 0.605. The highest BCUT2D eigenvalue weighted by molar-refractivity contribution is 6.06. The number of anilines is 1. The zero-order valence-corrected chi connectivity index (χ0v) is 12.6. The number of pyridine rings is 1. The number of aromatic nitrogens is 3. The Morgan fingerprint density at radius 2 is 2.05 bits per heavy atom. The summed E-state index contributed by atoms with van der Waals surface area (Å²) in [6.07, 6.45) is 1.95. The smallest absolute Gasteiger partial charge is 0.152 e. The quantitative estimate of drug-likeness (QED) is 0.705. The second kappa shape index (κ2) is 5.69. The van der Waals surface area contributed by atoms with Gasteiger partial charge in [0.25, 0.3) is 0 Å². The maximum absolute atomic E-state index is 6.11. The van der Waals surface area contributed by atoms with Gasteiger partial charge in [0.2, 0.25) is 0 Å². The number of hydrogen-bond acceptors (Lipinski definition) is 4. The fourth-order valence-corrected chi connectivity index (χ4v) is 2.83. The van der Waals surface area contributed by atoms with Crippen molar-refractivity contribution in [2.75, 3.05) is 19.3 Å². The molecule has 0 aliphatic heterocycles. The van der Waals surface area contributed by atoms with E-state index in [1.54, 1.807) is 0 Å². The van der Waals surface area contributed by atoms with E-state index in [-0.39, 0.29) is 0 Å². The van der Waals surface area contributed by atoms with Gasteiger partial charge in [0.1, 0.15) is 11.3 Å². The lowest BCUT2D eigenvalue weighted by Crippen LogP contribution is -2.12. The predicted octanol–water partition coefficient (Wildman–Crippen LogP) is 2.34. The largest absolute Gasteiger partial charge is 0.382 e. The number of nitrogens with one attached hydrogen (secondary N) is 1. The fraction of sp³-hybridized carbons (Fsp3) is 0.375. The lowest BCUT2D eigenvalue weighted by Gasteiger charge is -2.10. The van der Waals surface area contributed by atoms with Crippen LogP contribution in [0.5, 0.6) is 0 Å². The van der Waals surface area contributed by atoms with Crippen LogP contribution in [-0.2, 0) is 13.0 Å². The van der Waals surface area contributed by atoms with E-state index in [4.69, 9.17) is 10.7 Å². The van der Waals surface area contributed by atoms with Gasteiger partial charge in [0.15, 0.2) is 5.82 Å². The first kappa shape index (κ1) is 13.8. The van der Waals surface area contributed by atoms with Gasteiger partial charge < -0.3 is 15.6 Å². The van der Waals surface area contributed by atoms with Crippen LogP contribution in [0.25, 0.3) is 21.9 Å². The fourth-order valence-electron chi connectivity index (χ4n) is 2.83. The summed E-state index contributed by atoms with van der Waals surface area (Å²) >= 11 is 0. The molecular weight excluding hydrogens is 262 g/mol. The van der Waals surface area contributed by atoms with E-state index >= 15 is 0 Å². The van der Waals surface area contributed by atoms with Gasteiger partial charge in [-0.05, 0) is 26.1 Å². The van der Waals surface area contributed by atoms with Gasteiger partial charge in [-0.25, -0.2) is 9.97 Å². The number of nitrogens with two attached hydrogens (primary N) is 1. The average molecular weight is 283 g/mol. The van der Waals surface area contributed by atoms with Crippen molar-refractivity contribution in [3.8, 4) is 0 Å². The van der Waals surface area contributed by atoms with Crippen molar-refractivity contribution < 1.29 is 0 Å². The van der Waals surface area contributed by atoms with Crippen molar-refractivity contribution in [2.45, 2.75) is 26.3 Å². The highest BCUT2D eigenvalue weighted by Gasteiger charge is 2.15. The molecule has 0 radical (unpaired) electrons. The van der Waals surface area contributed by atoms with E-state index < -0.39 is 0 Å². The number of benzene rings is 1. The molecule has 0 bridgehead atoms. The Balaban J connectivity index is 2.27. The molecule has 110 valence electrons. The molecule has 3 rings (SSSR count). The Bertz CT molecular complexity index is 775. The molecular formula is C16H21N5. The number of para-hydroxylation sites is 1. The molecule has 0 saturated heterocycles. The topological polar surface area (TPSA) is 68.8 Å². The molecule has 21 heavy (non-hydrogen) atoms. The van der Waals surface area contributed by atoms with Crippen LogP contribution in [0.4, 0.5) is 5.82 Å². The van der Waals surface area contributed by atoms with Crippen LogP contribution in [0, 0.1) is 0 Å². The molecule has 0 fully saturated rings. The number of imidazole rings is 1. The third-order valence-electron chi connectivity index (χ3n) is 3.81. The molecule has 0 unspecified atom stereocenters. The average Bonchev–Trinajstić information content (AvgIpc) is 2.87. The highest BCUT2D eigenvalue weighted by atomic mass is 15.1. The van der Waals surface area contributed by atoms with Crippen LogP contribution in [0.15, 0.2) is 24.3 Å². The molecule has 0 amide bonds. The third kappa shape index (κ3) is 2.34. The zero-order chi connectivity index (χ0) is 14.8. The van der Waals surface area contributed by atoms with Crippen LogP contribution < -0.4 is 11.1 Å². The van der Waals surface area contributed by atoms with Crippen LogP contribution in [0.1, 0.15) is 19.2 Å². The van der Waals surface area contributed by atoms with Crippen molar-refractivity contribution in [3.63, 3.8) is 0 Å². The number of rotatable bonds is 5. The molecule has 3 aromatic rings. The highest BCUT2D eigenvalue weighted by Crippen LogP contribution is 2.29. The van der Waals surface area contributed by atoms with Crippen LogP contribution in [0.2, 0.25) is 0 Å². The molecule has 5 heteroatoms. The van der Waals surface area contributed by atoms with Gasteiger partial charge in [-0.1, -0.05) is 25.1 Å². The summed E-state index contributed by atoms with van der Waals surface area (Å²) in [6.45, 7) is 4.05. The molecule has 5 nitrogen and oxygen atoms in total. The standard InChI is InChI=1S/C16H21N5/c1-3-13-20-14-15(21(13)10-6-9-18-2)11-7-4-5-8-12(11)19-16(14)17/h4-5,7-8,18H,3,6,9-10H2,1-2H3,(H2,17,19). The zero-order valence-electron chi connectivity index (χ0n) is 12.6. The van der Waals surface area contributed by atoms with E-state index in [1.165, 1.54) is 0 Å². The minimum Gasteiger partial charge on any atom is -0.382 e. The second-order valence-corrected chi connectivity index (χ2v) is 5.20. The minimum atomic E-state index is 0.519. The van der Waals surface area contributed by atoms with Gasteiger partial charge in [-0.2, -0.15) is 0 Å². The summed E-state index contributed by atoms with van der Waals surface area (Å²) in [5.74, 6) is 1.59. The molecule has 0 atom stereocenters. The Labute approximate surface area is 124 Å². The van der Waals surface area contributed by atoms with Crippen molar-refractivity contribution >= 4 is 27.8 Å². The molecule has 2 aromatic heterocycles. The first-order valence-corrected chi connectivity index (χ1v) is 7.44. The van der Waals surface area contributed by atoms with Gasteiger partial charge in [0.05, 0.1) is 11.0 Å². The molecule has 2 heterocycles. The van der Waals surface area contributed by atoms with Gasteiger partial charge in [0, 0.05) is 18.4 Å². The number of nitrogen functional groups attached to an aromatic ring is 1. The van der Waals surface area contributed by atoms with E-state index in [0.717, 1.165) is 53.7 Å². The summed E-state index contributed by atoms with van der Waals surface area (Å²) in [6, 6.07) is 8.13. The second-order valence-electron chi connectivity index (χ2n) is 5.20.